The molecule has 1 aromatic carbocycles. The number of carbonyl (C=O) groups is 1. The molecule has 1 fully saturated rings. The Kier molecular flexibility index (Phi) is 4.15. The quantitative estimate of drug-likeness (QED) is 0.876. The van der Waals surface area contributed by atoms with E-state index in [2.05, 4.69) is 41.6 Å². The van der Waals surface area contributed by atoms with Crippen LogP contribution < -0.4 is 10.6 Å². The maximum atomic E-state index is 12.7. The van der Waals surface area contributed by atoms with Crippen LogP contribution in [0.3, 0.4) is 0 Å². The molecule has 1 amide bonds. The third kappa shape index (κ3) is 3.21. The fourth-order valence-electron chi connectivity index (χ4n) is 3.44. The van der Waals surface area contributed by atoms with Crippen LogP contribution in [0.2, 0.25) is 0 Å². The fourth-order valence-corrected chi connectivity index (χ4v) is 3.44. The molecule has 2 N–H and O–H groups in total. The number of rotatable bonds is 2. The van der Waals surface area contributed by atoms with Gasteiger partial charge < -0.3 is 15.5 Å². The van der Waals surface area contributed by atoms with E-state index in [1.54, 1.807) is 0 Å². The highest BCUT2D eigenvalue weighted by Gasteiger charge is 2.31. The van der Waals surface area contributed by atoms with Crippen molar-refractivity contribution in [3.63, 3.8) is 0 Å². The summed E-state index contributed by atoms with van der Waals surface area (Å²) in [7, 11) is 2.14. The number of hydrogen-bond acceptors (Lipinski definition) is 3. The zero-order valence-corrected chi connectivity index (χ0v) is 12.9. The molecule has 0 aliphatic carbocycles. The minimum atomic E-state index is -0.0166. The molecule has 3 rings (SSSR count). The number of hydrogen-bond donors (Lipinski definition) is 2. The molecule has 0 bridgehead atoms. The smallest absolute Gasteiger partial charge is 0.227 e. The Hall–Kier alpha value is -1.55. The minimum Gasteiger partial charge on any atom is -0.382 e. The van der Waals surface area contributed by atoms with Crippen molar-refractivity contribution in [2.45, 2.75) is 44.2 Å². The topological polar surface area (TPSA) is 44.4 Å². The third-order valence-corrected chi connectivity index (χ3v) is 4.71. The summed E-state index contributed by atoms with van der Waals surface area (Å²) < 4.78 is 0. The van der Waals surface area contributed by atoms with Gasteiger partial charge in [0.2, 0.25) is 5.91 Å². The third-order valence-electron chi connectivity index (χ3n) is 4.71. The number of para-hydroxylation sites is 1. The molecule has 0 spiro atoms. The number of likely N-dealkylation sites (tertiary alicyclic amines) is 1. The summed E-state index contributed by atoms with van der Waals surface area (Å²) in [5.41, 5.74) is 2.25. The number of fused-ring (bicyclic) bond motifs is 1. The van der Waals surface area contributed by atoms with Crippen molar-refractivity contribution in [2.75, 3.05) is 25.5 Å². The van der Waals surface area contributed by atoms with Gasteiger partial charge in [0.1, 0.15) is 0 Å². The first-order valence-corrected chi connectivity index (χ1v) is 7.98. The molecular formula is C17H25N3O. The maximum Gasteiger partial charge on any atom is 0.227 e. The van der Waals surface area contributed by atoms with Crippen molar-refractivity contribution in [2.24, 2.45) is 0 Å². The van der Waals surface area contributed by atoms with E-state index in [4.69, 9.17) is 0 Å². The molecular weight excluding hydrogens is 262 g/mol. The van der Waals surface area contributed by atoms with E-state index in [1.165, 1.54) is 0 Å². The van der Waals surface area contributed by atoms with Gasteiger partial charge in [0, 0.05) is 17.8 Å². The second-order valence-corrected chi connectivity index (χ2v) is 6.51. The van der Waals surface area contributed by atoms with Gasteiger partial charge in [-0.2, -0.15) is 0 Å². The first-order valence-electron chi connectivity index (χ1n) is 7.98. The molecule has 2 aliphatic heterocycles. The summed E-state index contributed by atoms with van der Waals surface area (Å²) in [5.74, 6) is 0.183. The van der Waals surface area contributed by atoms with Crippen molar-refractivity contribution in [3.05, 3.63) is 29.8 Å². The van der Waals surface area contributed by atoms with Crippen LogP contribution in [-0.4, -0.2) is 43.0 Å². The Morgan fingerprint density at radius 2 is 2.00 bits per heavy atom. The van der Waals surface area contributed by atoms with Crippen molar-refractivity contribution in [1.29, 1.82) is 0 Å². The van der Waals surface area contributed by atoms with Crippen LogP contribution >= 0.6 is 0 Å². The number of piperidine rings is 1. The van der Waals surface area contributed by atoms with Gasteiger partial charge in [-0.25, -0.2) is 0 Å². The molecule has 0 saturated carbocycles. The number of carbonyl (C=O) groups excluding carboxylic acids is 1. The van der Waals surface area contributed by atoms with Crippen LogP contribution in [0.25, 0.3) is 0 Å². The van der Waals surface area contributed by atoms with E-state index < -0.39 is 0 Å². The second kappa shape index (κ2) is 6.06. The molecule has 1 saturated heterocycles. The van der Waals surface area contributed by atoms with Crippen LogP contribution in [0.15, 0.2) is 24.3 Å². The van der Waals surface area contributed by atoms with E-state index >= 15 is 0 Å². The van der Waals surface area contributed by atoms with Crippen LogP contribution in [-0.2, 0) is 4.79 Å². The molecule has 0 aromatic heterocycles. The lowest BCUT2D eigenvalue weighted by Gasteiger charge is -2.34. The van der Waals surface area contributed by atoms with E-state index in [-0.39, 0.29) is 11.8 Å². The van der Waals surface area contributed by atoms with Crippen LogP contribution in [0.1, 0.15) is 37.7 Å². The predicted octanol–water partition coefficient (Wildman–Crippen LogP) is 2.18. The summed E-state index contributed by atoms with van der Waals surface area (Å²) in [6, 6.07) is 8.87. The number of nitrogens with one attached hydrogen (secondary N) is 2. The van der Waals surface area contributed by atoms with Gasteiger partial charge in [0.15, 0.2) is 0 Å². The fraction of sp³-hybridized carbons (Fsp3) is 0.588. The Balaban J connectivity index is 1.70. The molecule has 114 valence electrons. The summed E-state index contributed by atoms with van der Waals surface area (Å²) in [5, 5.41) is 6.74. The number of amides is 1. The molecule has 2 heterocycles. The molecule has 2 aliphatic rings. The Bertz CT molecular complexity index is 509. The Morgan fingerprint density at radius 3 is 2.76 bits per heavy atom. The van der Waals surface area contributed by atoms with Gasteiger partial charge in [-0.05, 0) is 58.0 Å². The molecule has 2 atom stereocenters. The molecule has 0 unspecified atom stereocenters. The molecule has 0 radical (unpaired) electrons. The van der Waals surface area contributed by atoms with E-state index in [1.807, 2.05) is 12.1 Å². The second-order valence-electron chi connectivity index (χ2n) is 6.51. The van der Waals surface area contributed by atoms with E-state index in [0.29, 0.717) is 12.1 Å². The van der Waals surface area contributed by atoms with Crippen LogP contribution in [0.5, 0.6) is 0 Å². The average Bonchev–Trinajstić information content (AvgIpc) is 2.48. The summed E-state index contributed by atoms with van der Waals surface area (Å²) >= 11 is 0. The normalized spacial score (nSPS) is 26.8. The lowest BCUT2D eigenvalue weighted by molar-refractivity contribution is -0.123. The van der Waals surface area contributed by atoms with Gasteiger partial charge in [-0.1, -0.05) is 18.2 Å². The lowest BCUT2D eigenvalue weighted by Crippen LogP contribution is -2.46. The highest BCUT2D eigenvalue weighted by Crippen LogP contribution is 2.34. The summed E-state index contributed by atoms with van der Waals surface area (Å²) in [4.78, 5) is 15.0. The average molecular weight is 287 g/mol. The molecule has 21 heavy (non-hydrogen) atoms. The van der Waals surface area contributed by atoms with E-state index in [0.717, 1.165) is 43.6 Å². The molecule has 1 aromatic rings. The first-order chi connectivity index (χ1) is 10.1. The van der Waals surface area contributed by atoms with Crippen molar-refractivity contribution in [1.82, 2.24) is 10.2 Å². The first kappa shape index (κ1) is 14.4. The van der Waals surface area contributed by atoms with Crippen molar-refractivity contribution < 1.29 is 4.79 Å². The van der Waals surface area contributed by atoms with Gasteiger partial charge in [0.05, 0.1) is 5.92 Å². The SMILES string of the molecule is C[C@@H]1C[C@H](C(=O)NC2CCN(C)CC2)c2ccccc2N1. The summed E-state index contributed by atoms with van der Waals surface area (Å²) in [6.07, 6.45) is 2.99. The zero-order chi connectivity index (χ0) is 14.8. The van der Waals surface area contributed by atoms with Crippen molar-refractivity contribution >= 4 is 11.6 Å². The minimum absolute atomic E-state index is 0.0166. The predicted molar refractivity (Wildman–Crippen MR) is 85.5 cm³/mol. The van der Waals surface area contributed by atoms with E-state index in [9.17, 15) is 4.79 Å². The zero-order valence-electron chi connectivity index (χ0n) is 12.9. The lowest BCUT2D eigenvalue weighted by atomic mass is 9.86. The number of anilines is 1. The Labute approximate surface area is 126 Å². The standard InChI is InChI=1S/C17H25N3O/c1-12-11-15(14-5-3-4-6-16(14)18-12)17(21)19-13-7-9-20(2)10-8-13/h3-6,12-13,15,18H,7-11H2,1-2H3,(H,19,21)/t12-,15+/m1/s1. The van der Waals surface area contributed by atoms with Crippen LogP contribution in [0.4, 0.5) is 5.69 Å². The Morgan fingerprint density at radius 1 is 1.29 bits per heavy atom. The monoisotopic (exact) mass is 287 g/mol. The largest absolute Gasteiger partial charge is 0.382 e. The van der Waals surface area contributed by atoms with Gasteiger partial charge in [-0.3, -0.25) is 4.79 Å². The van der Waals surface area contributed by atoms with Crippen LogP contribution in [0, 0.1) is 0 Å². The number of benzene rings is 1. The van der Waals surface area contributed by atoms with Crippen molar-refractivity contribution in [3.8, 4) is 0 Å². The highest BCUT2D eigenvalue weighted by atomic mass is 16.2. The van der Waals surface area contributed by atoms with Gasteiger partial charge >= 0.3 is 0 Å². The number of nitrogens with zero attached hydrogens (tertiary/aromatic N) is 1. The van der Waals surface area contributed by atoms with Gasteiger partial charge in [0.25, 0.3) is 0 Å². The maximum absolute atomic E-state index is 12.7. The molecule has 4 nitrogen and oxygen atoms in total. The van der Waals surface area contributed by atoms with Gasteiger partial charge in [-0.15, -0.1) is 0 Å². The highest BCUT2D eigenvalue weighted by molar-refractivity contribution is 5.86. The molecule has 4 heteroatoms. The summed E-state index contributed by atoms with van der Waals surface area (Å²) in [6.45, 7) is 4.29.